The van der Waals surface area contributed by atoms with Gasteiger partial charge in [0.15, 0.2) is 0 Å². The molecule has 0 aliphatic carbocycles. The smallest absolute Gasteiger partial charge is 0.333 e. The molecule has 1 atom stereocenters. The highest BCUT2D eigenvalue weighted by molar-refractivity contribution is 5.93. The second-order valence-corrected chi connectivity index (χ2v) is 6.64. The number of fused-ring (bicyclic) bond motifs is 2. The Kier molecular flexibility index (Phi) is 3.89. The Labute approximate surface area is 161 Å². The summed E-state index contributed by atoms with van der Waals surface area (Å²) in [5.74, 6) is -1.06. The van der Waals surface area contributed by atoms with Crippen molar-refractivity contribution in [3.05, 3.63) is 71.6 Å². The highest BCUT2D eigenvalue weighted by Crippen LogP contribution is 2.34. The maximum atomic E-state index is 13.6. The second-order valence-electron chi connectivity index (χ2n) is 6.64. The maximum Gasteiger partial charge on any atom is 0.333 e. The highest BCUT2D eigenvalue weighted by atomic mass is 19.3. The first-order valence-corrected chi connectivity index (χ1v) is 8.82. The average molecular weight is 401 g/mol. The lowest BCUT2D eigenvalue weighted by atomic mass is 9.99. The number of alkyl halides is 2. The molecule has 4 aromatic rings. The molecule has 0 saturated heterocycles. The van der Waals surface area contributed by atoms with Crippen LogP contribution in [0.2, 0.25) is 0 Å². The largest absolute Gasteiger partial charge is 0.348 e. The third-order valence-corrected chi connectivity index (χ3v) is 4.98. The second kappa shape index (κ2) is 6.47. The lowest BCUT2D eigenvalue weighted by Crippen LogP contribution is -2.41. The van der Waals surface area contributed by atoms with E-state index in [1.54, 1.807) is 12.1 Å². The van der Waals surface area contributed by atoms with Crippen LogP contribution in [0.15, 0.2) is 43.0 Å². The Bertz CT molecular complexity index is 1210. The molecule has 0 fully saturated rings. The maximum absolute atomic E-state index is 13.6. The van der Waals surface area contributed by atoms with Gasteiger partial charge in [0.05, 0.1) is 29.4 Å². The van der Waals surface area contributed by atoms with Crippen LogP contribution < -0.4 is 0 Å². The molecule has 148 valence electrons. The van der Waals surface area contributed by atoms with E-state index in [4.69, 9.17) is 0 Å². The number of H-pyrrole nitrogens is 1. The lowest BCUT2D eigenvalue weighted by Gasteiger charge is -2.33. The highest BCUT2D eigenvalue weighted by Gasteiger charge is 2.37. The number of amides is 1. The van der Waals surface area contributed by atoms with Crippen LogP contribution in [0.4, 0.5) is 13.2 Å². The Morgan fingerprint density at radius 2 is 2.14 bits per heavy atom. The lowest BCUT2D eigenvalue weighted by molar-refractivity contribution is 0.0441. The summed E-state index contributed by atoms with van der Waals surface area (Å²) < 4.78 is 41.8. The van der Waals surface area contributed by atoms with Gasteiger partial charge in [-0.1, -0.05) is 0 Å². The van der Waals surface area contributed by atoms with E-state index in [0.717, 1.165) is 11.9 Å². The minimum Gasteiger partial charge on any atom is -0.348 e. The minimum atomic E-state index is -2.94. The van der Waals surface area contributed by atoms with Gasteiger partial charge >= 0.3 is 6.55 Å². The first-order valence-electron chi connectivity index (χ1n) is 8.82. The van der Waals surface area contributed by atoms with Gasteiger partial charge in [-0.3, -0.25) is 4.79 Å². The minimum absolute atomic E-state index is 0.223. The summed E-state index contributed by atoms with van der Waals surface area (Å²) in [6.45, 7) is -2.67. The molecule has 1 unspecified atom stereocenters. The van der Waals surface area contributed by atoms with Crippen molar-refractivity contribution < 1.29 is 18.0 Å². The zero-order valence-corrected chi connectivity index (χ0v) is 14.8. The molecule has 0 spiro atoms. The van der Waals surface area contributed by atoms with Crippen molar-refractivity contribution in [2.45, 2.75) is 19.0 Å². The number of hydrogen-bond acceptors (Lipinski definition) is 4. The number of aromatic amines is 1. The monoisotopic (exact) mass is 401 g/mol. The number of aromatic nitrogens is 6. The molecule has 11 heteroatoms. The van der Waals surface area contributed by atoms with Gasteiger partial charge in [0.2, 0.25) is 0 Å². The van der Waals surface area contributed by atoms with Crippen LogP contribution in [0, 0.1) is 5.82 Å². The van der Waals surface area contributed by atoms with E-state index in [2.05, 4.69) is 20.2 Å². The van der Waals surface area contributed by atoms with Crippen LogP contribution in [0.3, 0.4) is 0 Å². The van der Waals surface area contributed by atoms with Crippen molar-refractivity contribution in [2.24, 2.45) is 0 Å². The van der Waals surface area contributed by atoms with E-state index in [1.165, 1.54) is 34.1 Å². The Morgan fingerprint density at radius 1 is 1.28 bits per heavy atom. The fourth-order valence-corrected chi connectivity index (χ4v) is 3.70. The third kappa shape index (κ3) is 2.77. The molecule has 0 radical (unpaired) electrons. The van der Waals surface area contributed by atoms with Gasteiger partial charge in [-0.05, 0) is 24.3 Å². The molecule has 1 aliphatic rings. The molecule has 8 nitrogen and oxygen atoms in total. The van der Waals surface area contributed by atoms with E-state index in [9.17, 15) is 18.0 Å². The molecule has 1 amide bonds. The summed E-state index contributed by atoms with van der Waals surface area (Å²) >= 11 is 0. The van der Waals surface area contributed by atoms with E-state index in [-0.39, 0.29) is 12.2 Å². The first kappa shape index (κ1) is 17.5. The number of imidazole rings is 1. The zero-order chi connectivity index (χ0) is 20.1. The molecule has 5 rings (SSSR count). The molecule has 1 N–H and O–H groups in total. The van der Waals surface area contributed by atoms with E-state index < -0.39 is 24.3 Å². The summed E-state index contributed by atoms with van der Waals surface area (Å²) in [6.07, 6.45) is 4.39. The predicted molar refractivity (Wildman–Crippen MR) is 93.8 cm³/mol. The van der Waals surface area contributed by atoms with Crippen molar-refractivity contribution in [3.8, 4) is 0 Å². The van der Waals surface area contributed by atoms with Gasteiger partial charge in [-0.25, -0.2) is 13.9 Å². The zero-order valence-electron chi connectivity index (χ0n) is 14.8. The molecule has 0 saturated carbocycles. The van der Waals surface area contributed by atoms with Crippen molar-refractivity contribution in [2.75, 3.05) is 6.54 Å². The quantitative estimate of drug-likeness (QED) is 0.572. The van der Waals surface area contributed by atoms with Crippen molar-refractivity contribution in [3.63, 3.8) is 0 Å². The number of carbonyl (C=O) groups is 1. The topological polar surface area (TPSA) is 84.1 Å². The standard InChI is InChI=1S/C18H14F3N7O/c19-10-1-2-11-7-13(25-27(11)8-10)16-15-12(22-9-23-15)4-6-26(16)17(29)14-3-5-24-28(14)18(20)21/h1-3,5,7-9,16,18H,4,6H2,(H,22,23). The summed E-state index contributed by atoms with van der Waals surface area (Å²) in [6, 6.07) is 5.15. The van der Waals surface area contributed by atoms with Gasteiger partial charge in [0, 0.05) is 24.9 Å². The van der Waals surface area contributed by atoms with E-state index in [1.807, 2.05) is 0 Å². The summed E-state index contributed by atoms with van der Waals surface area (Å²) in [7, 11) is 0. The SMILES string of the molecule is O=C(c1ccnn1C(F)F)N1CCc2[nH]cnc2C1c1cc2ccc(F)cn2n1. The molecule has 0 bridgehead atoms. The number of halogens is 3. The third-order valence-electron chi connectivity index (χ3n) is 4.98. The van der Waals surface area contributed by atoms with Gasteiger partial charge < -0.3 is 9.88 Å². The Hall–Kier alpha value is -3.63. The van der Waals surface area contributed by atoms with Crippen LogP contribution in [0.1, 0.15) is 40.2 Å². The Morgan fingerprint density at radius 3 is 2.97 bits per heavy atom. The molecule has 4 aromatic heterocycles. The number of carbonyl (C=O) groups excluding carboxylic acids is 1. The first-order chi connectivity index (χ1) is 14.0. The van der Waals surface area contributed by atoms with Crippen LogP contribution in [0.25, 0.3) is 5.52 Å². The van der Waals surface area contributed by atoms with Gasteiger partial charge in [-0.2, -0.15) is 23.7 Å². The van der Waals surface area contributed by atoms with Gasteiger partial charge in [-0.15, -0.1) is 0 Å². The Balaban J connectivity index is 1.62. The van der Waals surface area contributed by atoms with Crippen LogP contribution >= 0.6 is 0 Å². The number of pyridine rings is 1. The van der Waals surface area contributed by atoms with Crippen LogP contribution in [-0.4, -0.2) is 46.7 Å². The number of rotatable bonds is 3. The van der Waals surface area contributed by atoms with Crippen molar-refractivity contribution in [1.82, 2.24) is 34.3 Å². The molecule has 0 aromatic carbocycles. The average Bonchev–Trinajstić information content (AvgIpc) is 3.43. The molecule has 1 aliphatic heterocycles. The molecular weight excluding hydrogens is 387 g/mol. The van der Waals surface area contributed by atoms with E-state index >= 15 is 0 Å². The molecular formula is C18H14F3N7O. The number of hydrogen-bond donors (Lipinski definition) is 1. The summed E-state index contributed by atoms with van der Waals surface area (Å²) in [5, 5.41) is 7.95. The van der Waals surface area contributed by atoms with Crippen molar-refractivity contribution in [1.29, 1.82) is 0 Å². The number of nitrogens with zero attached hydrogens (tertiary/aromatic N) is 6. The van der Waals surface area contributed by atoms with Crippen LogP contribution in [0.5, 0.6) is 0 Å². The van der Waals surface area contributed by atoms with E-state index in [0.29, 0.717) is 28.0 Å². The molecule has 5 heterocycles. The predicted octanol–water partition coefficient (Wildman–Crippen LogP) is 2.58. The van der Waals surface area contributed by atoms with Crippen LogP contribution in [-0.2, 0) is 6.42 Å². The molecule has 29 heavy (non-hydrogen) atoms. The fourth-order valence-electron chi connectivity index (χ4n) is 3.70. The summed E-state index contributed by atoms with van der Waals surface area (Å²) in [5.41, 5.74) is 2.29. The van der Waals surface area contributed by atoms with Gasteiger partial charge in [0.1, 0.15) is 17.6 Å². The normalized spacial score (nSPS) is 16.6. The van der Waals surface area contributed by atoms with Gasteiger partial charge in [0.25, 0.3) is 5.91 Å². The fraction of sp³-hybridized carbons (Fsp3) is 0.222. The van der Waals surface area contributed by atoms with Crippen molar-refractivity contribution >= 4 is 11.4 Å². The summed E-state index contributed by atoms with van der Waals surface area (Å²) in [4.78, 5) is 22.0. The number of nitrogens with one attached hydrogen (secondary N) is 1.